The van der Waals surface area contributed by atoms with Gasteiger partial charge in [0, 0.05) is 13.2 Å². The van der Waals surface area contributed by atoms with Crippen molar-refractivity contribution < 1.29 is 28.1 Å². The Bertz CT molecular complexity index is 442. The fourth-order valence-electron chi connectivity index (χ4n) is 2.59. The fraction of sp³-hybridized carbons (Fsp3) is 0.947. The lowest BCUT2D eigenvalue weighted by Crippen LogP contribution is -2.56. The first-order chi connectivity index (χ1) is 12.1. The van der Waals surface area contributed by atoms with Gasteiger partial charge in [0.15, 0.2) is 5.67 Å². The summed E-state index contributed by atoms with van der Waals surface area (Å²) >= 11 is 0. The van der Waals surface area contributed by atoms with E-state index in [-0.39, 0.29) is 25.4 Å². The molecule has 152 valence electrons. The number of rotatable bonds is 10. The van der Waals surface area contributed by atoms with Crippen LogP contribution in [0.5, 0.6) is 0 Å². The number of amides is 1. The number of nitrogens with zero attached hydrogens (tertiary/aromatic N) is 1. The first kappa shape index (κ1) is 21.4. The van der Waals surface area contributed by atoms with Crippen molar-refractivity contribution in [3.8, 4) is 0 Å². The molecule has 1 atom stereocenters. The zero-order valence-electron chi connectivity index (χ0n) is 16.6. The van der Waals surface area contributed by atoms with E-state index < -0.39 is 11.3 Å². The third kappa shape index (κ3) is 7.76. The van der Waals surface area contributed by atoms with Crippen LogP contribution in [-0.4, -0.2) is 74.0 Å². The first-order valence-corrected chi connectivity index (χ1v) is 9.62. The van der Waals surface area contributed by atoms with Crippen LogP contribution in [0.2, 0.25) is 0 Å². The van der Waals surface area contributed by atoms with Crippen LogP contribution in [0.1, 0.15) is 53.4 Å². The van der Waals surface area contributed by atoms with E-state index in [9.17, 15) is 9.18 Å². The van der Waals surface area contributed by atoms with Crippen LogP contribution in [-0.2, 0) is 18.9 Å². The van der Waals surface area contributed by atoms with Gasteiger partial charge >= 0.3 is 6.09 Å². The molecule has 26 heavy (non-hydrogen) atoms. The van der Waals surface area contributed by atoms with E-state index in [1.54, 1.807) is 4.90 Å². The highest BCUT2D eigenvalue weighted by molar-refractivity contribution is 5.69. The summed E-state index contributed by atoms with van der Waals surface area (Å²) in [6, 6.07) is 0. The van der Waals surface area contributed by atoms with Crippen LogP contribution in [0.3, 0.4) is 0 Å². The van der Waals surface area contributed by atoms with Gasteiger partial charge < -0.3 is 23.8 Å². The molecule has 0 spiro atoms. The summed E-state index contributed by atoms with van der Waals surface area (Å²) in [6.07, 6.45) is 4.29. The molecule has 0 aromatic carbocycles. The molecule has 0 aromatic rings. The Kier molecular flexibility index (Phi) is 7.67. The third-order valence-corrected chi connectivity index (χ3v) is 4.36. The van der Waals surface area contributed by atoms with Gasteiger partial charge in [0.2, 0.25) is 0 Å². The van der Waals surface area contributed by atoms with Crippen molar-refractivity contribution in [1.29, 1.82) is 0 Å². The molecule has 6 nitrogen and oxygen atoms in total. The topological polar surface area (TPSA) is 57.2 Å². The van der Waals surface area contributed by atoms with Gasteiger partial charge in [-0.05, 0) is 53.4 Å². The lowest BCUT2D eigenvalue weighted by Gasteiger charge is -2.40. The normalized spacial score (nSPS) is 21.0. The average molecular weight is 375 g/mol. The second-order valence-electron chi connectivity index (χ2n) is 8.56. The lowest BCUT2D eigenvalue weighted by molar-refractivity contribution is -0.104. The number of carbonyl (C=O) groups excluding carboxylic acids is 1. The summed E-state index contributed by atoms with van der Waals surface area (Å²) in [5, 5.41) is 0. The minimum Gasteiger partial charge on any atom is -0.444 e. The van der Waals surface area contributed by atoms with Gasteiger partial charge in [-0.3, -0.25) is 0 Å². The molecule has 0 radical (unpaired) electrons. The van der Waals surface area contributed by atoms with Gasteiger partial charge in [-0.1, -0.05) is 0 Å². The van der Waals surface area contributed by atoms with Crippen LogP contribution >= 0.6 is 0 Å². The summed E-state index contributed by atoms with van der Waals surface area (Å²) in [6.45, 7) is 8.94. The number of likely N-dealkylation sites (tertiary alicyclic amines) is 1. The summed E-state index contributed by atoms with van der Waals surface area (Å²) < 4.78 is 36.3. The predicted molar refractivity (Wildman–Crippen MR) is 96.1 cm³/mol. The van der Waals surface area contributed by atoms with Gasteiger partial charge in [-0.2, -0.15) is 0 Å². The van der Waals surface area contributed by atoms with Gasteiger partial charge in [-0.25, -0.2) is 9.18 Å². The Hall–Kier alpha value is -0.920. The second-order valence-corrected chi connectivity index (χ2v) is 8.56. The number of carbonyl (C=O) groups is 1. The molecular weight excluding hydrogens is 341 g/mol. The molecule has 0 aromatic heterocycles. The standard InChI is InChI=1S/C19H34FNO5/c1-18(2,3)26-17(22)21-11-16(12-21)25-14-19(4,20)13-23-9-6-10-24-15-7-5-8-15/h15-16H,5-14H2,1-4H3. The molecule has 2 fully saturated rings. The van der Waals surface area contributed by atoms with E-state index in [1.165, 1.54) is 13.3 Å². The Morgan fingerprint density at radius 1 is 1.04 bits per heavy atom. The van der Waals surface area contributed by atoms with Crippen molar-refractivity contribution in [3.63, 3.8) is 0 Å². The van der Waals surface area contributed by atoms with Gasteiger partial charge in [0.05, 0.1) is 38.5 Å². The van der Waals surface area contributed by atoms with Crippen molar-refractivity contribution in [1.82, 2.24) is 4.90 Å². The minimum atomic E-state index is -1.54. The quantitative estimate of drug-likeness (QED) is 0.548. The van der Waals surface area contributed by atoms with E-state index in [2.05, 4.69) is 0 Å². The molecule has 2 rings (SSSR count). The average Bonchev–Trinajstić information content (AvgIpc) is 2.40. The molecule has 0 N–H and O–H groups in total. The molecular formula is C19H34FNO5. The van der Waals surface area contributed by atoms with E-state index in [1.807, 2.05) is 20.8 Å². The molecule has 1 heterocycles. The van der Waals surface area contributed by atoms with Crippen LogP contribution in [0.25, 0.3) is 0 Å². The molecule has 2 aliphatic rings. The largest absolute Gasteiger partial charge is 0.444 e. The Balaban J connectivity index is 1.48. The minimum absolute atomic E-state index is 0.00106. The summed E-state index contributed by atoms with van der Waals surface area (Å²) in [5.41, 5.74) is -2.05. The second kappa shape index (κ2) is 9.33. The van der Waals surface area contributed by atoms with Gasteiger partial charge in [-0.15, -0.1) is 0 Å². The van der Waals surface area contributed by atoms with Crippen LogP contribution in [0.4, 0.5) is 9.18 Å². The first-order valence-electron chi connectivity index (χ1n) is 9.62. The van der Waals surface area contributed by atoms with E-state index in [0.717, 1.165) is 19.3 Å². The van der Waals surface area contributed by atoms with E-state index in [4.69, 9.17) is 18.9 Å². The maximum atomic E-state index is 14.4. The van der Waals surface area contributed by atoms with Gasteiger partial charge in [0.1, 0.15) is 5.60 Å². The van der Waals surface area contributed by atoms with E-state index in [0.29, 0.717) is 32.4 Å². The lowest BCUT2D eigenvalue weighted by atomic mass is 9.96. The van der Waals surface area contributed by atoms with E-state index >= 15 is 0 Å². The number of ether oxygens (including phenoxy) is 4. The highest BCUT2D eigenvalue weighted by Gasteiger charge is 2.36. The Morgan fingerprint density at radius 3 is 2.31 bits per heavy atom. The zero-order valence-corrected chi connectivity index (χ0v) is 16.6. The molecule has 1 saturated heterocycles. The SMILES string of the molecule is CC(F)(COCCCOC1CCC1)COC1CN(C(=O)OC(C)(C)C)C1. The Labute approximate surface area is 156 Å². The number of hydrogen-bond donors (Lipinski definition) is 0. The maximum absolute atomic E-state index is 14.4. The summed E-state index contributed by atoms with van der Waals surface area (Å²) in [4.78, 5) is 13.4. The van der Waals surface area contributed by atoms with Gasteiger partial charge in [0.25, 0.3) is 0 Å². The molecule has 1 unspecified atom stereocenters. The maximum Gasteiger partial charge on any atom is 0.410 e. The van der Waals surface area contributed by atoms with Crippen LogP contribution < -0.4 is 0 Å². The fourth-order valence-corrected chi connectivity index (χ4v) is 2.59. The predicted octanol–water partition coefficient (Wildman–Crippen LogP) is 3.33. The smallest absolute Gasteiger partial charge is 0.410 e. The molecule has 0 bridgehead atoms. The monoisotopic (exact) mass is 375 g/mol. The number of hydrogen-bond acceptors (Lipinski definition) is 5. The molecule has 1 amide bonds. The van der Waals surface area contributed by atoms with Crippen molar-refractivity contribution >= 4 is 6.09 Å². The van der Waals surface area contributed by atoms with Crippen molar-refractivity contribution in [3.05, 3.63) is 0 Å². The summed E-state index contributed by atoms with van der Waals surface area (Å²) in [5.74, 6) is 0. The molecule has 1 aliphatic carbocycles. The highest BCUT2D eigenvalue weighted by atomic mass is 19.1. The van der Waals surface area contributed by atoms with Crippen molar-refractivity contribution in [2.24, 2.45) is 0 Å². The van der Waals surface area contributed by atoms with Crippen molar-refractivity contribution in [2.45, 2.75) is 76.9 Å². The Morgan fingerprint density at radius 2 is 1.73 bits per heavy atom. The number of halogens is 1. The molecule has 1 aliphatic heterocycles. The number of alkyl halides is 1. The van der Waals surface area contributed by atoms with Crippen molar-refractivity contribution in [2.75, 3.05) is 39.5 Å². The molecule has 7 heteroatoms. The highest BCUT2D eigenvalue weighted by Crippen LogP contribution is 2.22. The zero-order chi connectivity index (χ0) is 19.2. The summed E-state index contributed by atoms with van der Waals surface area (Å²) in [7, 11) is 0. The third-order valence-electron chi connectivity index (χ3n) is 4.36. The van der Waals surface area contributed by atoms with Crippen LogP contribution in [0, 0.1) is 0 Å². The molecule has 1 saturated carbocycles. The van der Waals surface area contributed by atoms with Crippen LogP contribution in [0.15, 0.2) is 0 Å².